The van der Waals surface area contributed by atoms with Gasteiger partial charge in [0, 0.05) is 36.7 Å². The van der Waals surface area contributed by atoms with Crippen LogP contribution in [0, 0.1) is 16.7 Å². The van der Waals surface area contributed by atoms with Gasteiger partial charge in [0.25, 0.3) is 0 Å². The Hall–Kier alpha value is -2.52. The minimum Gasteiger partial charge on any atom is -0.382 e. The number of aryl methyl sites for hydroxylation is 2. The van der Waals surface area contributed by atoms with Crippen LogP contribution in [0.3, 0.4) is 0 Å². The molecule has 1 unspecified atom stereocenters. The third-order valence-electron chi connectivity index (χ3n) is 9.15. The lowest BCUT2D eigenvalue weighted by atomic mass is 9.70. The van der Waals surface area contributed by atoms with Gasteiger partial charge in [-0.15, -0.1) is 0 Å². The van der Waals surface area contributed by atoms with Crippen LogP contribution in [0.25, 0.3) is 21.9 Å². The maximum Gasteiger partial charge on any atom is 0.212 e. The Labute approximate surface area is 219 Å². The second-order valence-corrected chi connectivity index (χ2v) is 13.3. The van der Waals surface area contributed by atoms with Crippen LogP contribution in [0.2, 0.25) is 0 Å². The first-order valence-corrected chi connectivity index (χ1v) is 15.3. The molecule has 0 radical (unpaired) electrons. The van der Waals surface area contributed by atoms with Gasteiger partial charge in [0.05, 0.1) is 16.8 Å². The van der Waals surface area contributed by atoms with E-state index in [1.165, 1.54) is 0 Å². The summed E-state index contributed by atoms with van der Waals surface area (Å²) in [6.45, 7) is 7.39. The van der Waals surface area contributed by atoms with Crippen LogP contribution in [0.5, 0.6) is 0 Å². The standard InChI is InChI=1S/C28H39N5O3S/c1-4-5-12-23-32-24-25(20-10-6-7-11-21(20)31-26(24)29)33(23)16-9-8-15-30-37(35,36)18-28-14-13-19(17-22(28)34)27(28,2)3/h6-7,10-11,19,30H,4-5,8-9,12-18H2,1-3H3,(H2,29,31)/t19-,28?/m1/s1. The van der Waals surface area contributed by atoms with Crippen molar-refractivity contribution in [3.8, 4) is 0 Å². The molecule has 3 N–H and O–H groups in total. The molecule has 2 saturated carbocycles. The molecular weight excluding hydrogens is 486 g/mol. The number of benzene rings is 1. The summed E-state index contributed by atoms with van der Waals surface area (Å²) in [4.78, 5) is 22.2. The number of hydrogen-bond acceptors (Lipinski definition) is 6. The van der Waals surface area contributed by atoms with Gasteiger partial charge < -0.3 is 10.3 Å². The van der Waals surface area contributed by atoms with Gasteiger partial charge in [-0.3, -0.25) is 4.79 Å². The van der Waals surface area contributed by atoms with E-state index in [4.69, 9.17) is 10.7 Å². The van der Waals surface area contributed by atoms with Crippen molar-refractivity contribution in [2.24, 2.45) is 16.7 Å². The lowest BCUT2D eigenvalue weighted by Crippen LogP contribution is -2.45. The Bertz CT molecular complexity index is 1450. The van der Waals surface area contributed by atoms with E-state index in [-0.39, 0.29) is 17.0 Å². The summed E-state index contributed by atoms with van der Waals surface area (Å²) in [5.74, 6) is 1.79. The second kappa shape index (κ2) is 9.66. The van der Waals surface area contributed by atoms with Gasteiger partial charge in [-0.1, -0.05) is 45.4 Å². The molecule has 2 bridgehead atoms. The van der Waals surface area contributed by atoms with Crippen molar-refractivity contribution < 1.29 is 13.2 Å². The number of sulfonamides is 1. The van der Waals surface area contributed by atoms with Gasteiger partial charge in [-0.2, -0.15) is 0 Å². The van der Waals surface area contributed by atoms with Crippen LogP contribution in [0.15, 0.2) is 24.3 Å². The highest BCUT2D eigenvalue weighted by Crippen LogP contribution is 2.64. The summed E-state index contributed by atoms with van der Waals surface area (Å²) >= 11 is 0. The Kier molecular flexibility index (Phi) is 6.81. The zero-order valence-corrected chi connectivity index (χ0v) is 23.0. The number of unbranched alkanes of at least 4 members (excludes halogenated alkanes) is 2. The van der Waals surface area contributed by atoms with Gasteiger partial charge >= 0.3 is 0 Å². The van der Waals surface area contributed by atoms with E-state index in [1.54, 1.807) is 0 Å². The number of nitrogens with one attached hydrogen (secondary N) is 1. The zero-order valence-electron chi connectivity index (χ0n) is 22.2. The van der Waals surface area contributed by atoms with Crippen molar-refractivity contribution in [2.75, 3.05) is 18.0 Å². The number of carbonyl (C=O) groups excluding carboxylic acids is 1. The minimum absolute atomic E-state index is 0.0894. The van der Waals surface area contributed by atoms with E-state index >= 15 is 0 Å². The molecule has 2 fully saturated rings. The lowest BCUT2D eigenvalue weighted by molar-refractivity contribution is -0.128. The predicted octanol–water partition coefficient (Wildman–Crippen LogP) is 4.60. The number of hydrogen-bond donors (Lipinski definition) is 2. The number of fused-ring (bicyclic) bond motifs is 5. The molecule has 37 heavy (non-hydrogen) atoms. The first kappa shape index (κ1) is 26.1. The van der Waals surface area contributed by atoms with Crippen molar-refractivity contribution in [3.05, 3.63) is 30.1 Å². The van der Waals surface area contributed by atoms with Crippen molar-refractivity contribution >= 4 is 43.6 Å². The van der Waals surface area contributed by atoms with Crippen LogP contribution in [-0.4, -0.2) is 41.0 Å². The average molecular weight is 526 g/mol. The Morgan fingerprint density at radius 1 is 1.16 bits per heavy atom. The molecule has 2 aromatic heterocycles. The van der Waals surface area contributed by atoms with E-state index in [0.717, 1.165) is 66.4 Å². The monoisotopic (exact) mass is 525 g/mol. The normalized spacial score (nSPS) is 23.0. The molecule has 1 aromatic carbocycles. The number of ketones is 1. The number of nitrogens with two attached hydrogens (primary N) is 1. The highest BCUT2D eigenvalue weighted by molar-refractivity contribution is 7.89. The molecule has 2 aliphatic rings. The molecule has 2 heterocycles. The van der Waals surface area contributed by atoms with Crippen molar-refractivity contribution in [1.29, 1.82) is 0 Å². The predicted molar refractivity (Wildman–Crippen MR) is 148 cm³/mol. The van der Waals surface area contributed by atoms with E-state index in [0.29, 0.717) is 37.5 Å². The highest BCUT2D eigenvalue weighted by Gasteiger charge is 2.65. The summed E-state index contributed by atoms with van der Waals surface area (Å²) in [5.41, 5.74) is 7.90. The molecule has 0 saturated heterocycles. The molecule has 3 aromatic rings. The number of pyridine rings is 1. The number of anilines is 1. The molecule has 2 aliphatic carbocycles. The molecule has 5 rings (SSSR count). The van der Waals surface area contributed by atoms with E-state index in [9.17, 15) is 13.2 Å². The number of para-hydroxylation sites is 1. The number of carbonyl (C=O) groups is 1. The molecular formula is C28H39N5O3S. The fourth-order valence-electron chi connectivity index (χ4n) is 6.78. The first-order valence-electron chi connectivity index (χ1n) is 13.6. The molecule has 200 valence electrons. The summed E-state index contributed by atoms with van der Waals surface area (Å²) in [5, 5.41) is 1.03. The molecule has 0 amide bonds. The number of aromatic nitrogens is 3. The van der Waals surface area contributed by atoms with Gasteiger partial charge in [0.15, 0.2) is 5.82 Å². The summed E-state index contributed by atoms with van der Waals surface area (Å²) in [6.07, 6.45) is 6.60. The van der Waals surface area contributed by atoms with Crippen molar-refractivity contribution in [1.82, 2.24) is 19.3 Å². The number of rotatable bonds is 11. The maximum absolute atomic E-state index is 13.0. The SMILES string of the molecule is CCCCc1nc2c(N)nc3ccccc3c2n1CCCCNS(=O)(=O)CC12CC[C@H](CC1=O)C2(C)C. The fourth-order valence-corrected chi connectivity index (χ4v) is 8.66. The summed E-state index contributed by atoms with van der Waals surface area (Å²) in [6, 6.07) is 7.97. The van der Waals surface area contributed by atoms with Crippen LogP contribution in [0.4, 0.5) is 5.82 Å². The largest absolute Gasteiger partial charge is 0.382 e. The van der Waals surface area contributed by atoms with Crippen LogP contribution in [-0.2, 0) is 27.8 Å². The second-order valence-electron chi connectivity index (χ2n) is 11.5. The van der Waals surface area contributed by atoms with Gasteiger partial charge in [-0.05, 0) is 49.5 Å². The third kappa shape index (κ3) is 4.44. The molecule has 8 nitrogen and oxygen atoms in total. The molecule has 0 aliphatic heterocycles. The van der Waals surface area contributed by atoms with Crippen molar-refractivity contribution in [2.45, 2.75) is 78.7 Å². The van der Waals surface area contributed by atoms with Crippen molar-refractivity contribution in [3.63, 3.8) is 0 Å². The number of nitrogen functional groups attached to an aromatic ring is 1. The highest BCUT2D eigenvalue weighted by atomic mass is 32.2. The van der Waals surface area contributed by atoms with Crippen LogP contribution >= 0.6 is 0 Å². The number of nitrogens with zero attached hydrogens (tertiary/aromatic N) is 3. The quantitative estimate of drug-likeness (QED) is 0.353. The van der Waals surface area contributed by atoms with Crippen LogP contribution in [0.1, 0.15) is 71.5 Å². The zero-order chi connectivity index (χ0) is 26.4. The number of imidazole rings is 1. The third-order valence-corrected chi connectivity index (χ3v) is 10.7. The minimum atomic E-state index is -3.55. The molecule has 2 atom stereocenters. The summed E-state index contributed by atoms with van der Waals surface area (Å²) in [7, 11) is -3.55. The Morgan fingerprint density at radius 3 is 2.65 bits per heavy atom. The van der Waals surface area contributed by atoms with Crippen LogP contribution < -0.4 is 10.5 Å². The van der Waals surface area contributed by atoms with Gasteiger partial charge in [0.1, 0.15) is 17.1 Å². The Morgan fingerprint density at radius 2 is 1.95 bits per heavy atom. The van der Waals surface area contributed by atoms with Gasteiger partial charge in [-0.25, -0.2) is 23.1 Å². The van der Waals surface area contributed by atoms with Gasteiger partial charge in [0.2, 0.25) is 10.0 Å². The molecule has 0 spiro atoms. The van der Waals surface area contributed by atoms with E-state index < -0.39 is 15.4 Å². The summed E-state index contributed by atoms with van der Waals surface area (Å²) < 4.78 is 31.1. The first-order chi connectivity index (χ1) is 17.6. The smallest absolute Gasteiger partial charge is 0.212 e. The fraction of sp³-hybridized carbons (Fsp3) is 0.607. The maximum atomic E-state index is 13.0. The number of Topliss-reactive ketones (excluding diaryl/α,β-unsaturated/α-hetero) is 1. The topological polar surface area (TPSA) is 120 Å². The van der Waals surface area contributed by atoms with E-state index in [1.807, 2.05) is 18.2 Å². The van der Waals surface area contributed by atoms with E-state index in [2.05, 4.69) is 41.1 Å². The Balaban J connectivity index is 1.28. The lowest BCUT2D eigenvalue weighted by Gasteiger charge is -2.36. The average Bonchev–Trinajstić information content (AvgIpc) is 3.39. The molecule has 9 heteroatoms.